The molecule has 3 heterocycles. The zero-order chi connectivity index (χ0) is 24.2. The van der Waals surface area contributed by atoms with E-state index < -0.39 is 5.97 Å². The quantitative estimate of drug-likeness (QED) is 0.237. The van der Waals surface area contributed by atoms with Crippen LogP contribution < -0.4 is 16.0 Å². The summed E-state index contributed by atoms with van der Waals surface area (Å²) >= 11 is 12.4. The predicted octanol–water partition coefficient (Wildman–Crippen LogP) is 5.84. The van der Waals surface area contributed by atoms with Gasteiger partial charge in [-0.25, -0.2) is 14.8 Å². The number of halogens is 2. The topological polar surface area (TPSA) is 125 Å². The molecule has 1 aromatic carbocycles. The van der Waals surface area contributed by atoms with Crippen molar-refractivity contribution < 1.29 is 14.3 Å². The highest BCUT2D eigenvalue weighted by atomic mass is 35.5. The molecule has 0 radical (unpaired) electrons. The molecule has 0 saturated carbocycles. The number of hydrogen-bond acceptors (Lipinski definition) is 8. The van der Waals surface area contributed by atoms with Gasteiger partial charge in [-0.3, -0.25) is 4.98 Å². The van der Waals surface area contributed by atoms with Crippen LogP contribution in [0.5, 0.6) is 0 Å². The summed E-state index contributed by atoms with van der Waals surface area (Å²) in [7, 11) is 1.73. The Balaban J connectivity index is 1.62. The van der Waals surface area contributed by atoms with Crippen LogP contribution in [0, 0.1) is 6.92 Å². The molecule has 4 N–H and O–H groups in total. The van der Waals surface area contributed by atoms with E-state index in [4.69, 9.17) is 27.6 Å². The minimum Gasteiger partial charge on any atom is -0.478 e. The average molecular weight is 499 g/mol. The van der Waals surface area contributed by atoms with Crippen molar-refractivity contribution in [1.29, 1.82) is 0 Å². The highest BCUT2D eigenvalue weighted by Crippen LogP contribution is 2.34. The molecule has 0 bridgehead atoms. The number of aryl methyl sites for hydroxylation is 1. The minimum atomic E-state index is -1.08. The number of aromatic carboxylic acids is 1. The molecule has 4 aromatic rings. The Morgan fingerprint density at radius 2 is 1.91 bits per heavy atom. The zero-order valence-corrected chi connectivity index (χ0v) is 19.7. The highest BCUT2D eigenvalue weighted by molar-refractivity contribution is 6.35. The maximum Gasteiger partial charge on any atom is 0.337 e. The highest BCUT2D eigenvalue weighted by Gasteiger charge is 2.17. The van der Waals surface area contributed by atoms with Crippen molar-refractivity contribution in [2.24, 2.45) is 0 Å². The first-order valence-corrected chi connectivity index (χ1v) is 10.9. The van der Waals surface area contributed by atoms with Gasteiger partial charge in [-0.05, 0) is 43.3 Å². The molecule has 0 aliphatic carbocycles. The van der Waals surface area contributed by atoms with Crippen LogP contribution in [0.1, 0.15) is 21.9 Å². The molecule has 0 aliphatic rings. The number of anilines is 4. The number of rotatable bonds is 8. The number of hydrogen-bond donors (Lipinski definition) is 4. The fourth-order valence-electron chi connectivity index (χ4n) is 3.30. The number of pyridine rings is 1. The summed E-state index contributed by atoms with van der Waals surface area (Å²) in [4.78, 5) is 24.5. The van der Waals surface area contributed by atoms with Crippen molar-refractivity contribution in [2.45, 2.75) is 13.5 Å². The molecule has 0 spiro atoms. The van der Waals surface area contributed by atoms with Gasteiger partial charge in [0.15, 0.2) is 11.6 Å². The van der Waals surface area contributed by atoms with E-state index in [-0.39, 0.29) is 5.56 Å². The number of aromatic nitrogens is 3. The first-order valence-electron chi connectivity index (χ1n) is 10.1. The first kappa shape index (κ1) is 23.3. The van der Waals surface area contributed by atoms with E-state index in [1.165, 1.54) is 18.5 Å². The number of furan rings is 1. The molecule has 0 unspecified atom stereocenters. The van der Waals surface area contributed by atoms with Gasteiger partial charge in [0.1, 0.15) is 23.0 Å². The maximum absolute atomic E-state index is 11.6. The van der Waals surface area contributed by atoms with Crippen LogP contribution >= 0.6 is 23.2 Å². The Morgan fingerprint density at radius 1 is 1.12 bits per heavy atom. The third kappa shape index (κ3) is 5.05. The Bertz CT molecular complexity index is 1360. The molecule has 4 rings (SSSR count). The summed E-state index contributed by atoms with van der Waals surface area (Å²) in [6.07, 6.45) is 2.84. The lowest BCUT2D eigenvalue weighted by Gasteiger charge is -2.17. The second-order valence-electron chi connectivity index (χ2n) is 7.19. The second kappa shape index (κ2) is 9.98. The first-order chi connectivity index (χ1) is 16.4. The van der Waals surface area contributed by atoms with Crippen molar-refractivity contribution in [3.05, 3.63) is 76.0 Å². The summed E-state index contributed by atoms with van der Waals surface area (Å²) < 4.78 is 5.96. The third-order valence-corrected chi connectivity index (χ3v) is 5.42. The van der Waals surface area contributed by atoms with Gasteiger partial charge in [0.2, 0.25) is 0 Å². The number of nitrogens with zero attached hydrogens (tertiary/aromatic N) is 3. The van der Waals surface area contributed by atoms with E-state index in [1.807, 2.05) is 12.1 Å². The summed E-state index contributed by atoms with van der Waals surface area (Å²) in [5.74, 6) is 1.54. The summed E-state index contributed by atoms with van der Waals surface area (Å²) in [6, 6.07) is 10.2. The van der Waals surface area contributed by atoms with E-state index in [0.29, 0.717) is 62.5 Å². The maximum atomic E-state index is 11.6. The Morgan fingerprint density at radius 3 is 2.68 bits per heavy atom. The van der Waals surface area contributed by atoms with Gasteiger partial charge >= 0.3 is 5.97 Å². The molecule has 0 saturated heterocycles. The smallest absolute Gasteiger partial charge is 0.337 e. The lowest BCUT2D eigenvalue weighted by Crippen LogP contribution is -2.11. The molecule has 0 fully saturated rings. The van der Waals surface area contributed by atoms with Crippen molar-refractivity contribution >= 4 is 52.2 Å². The number of carboxylic acids is 1. The van der Waals surface area contributed by atoms with E-state index >= 15 is 0 Å². The van der Waals surface area contributed by atoms with E-state index in [2.05, 4.69) is 30.9 Å². The van der Waals surface area contributed by atoms with Gasteiger partial charge in [0, 0.05) is 23.8 Å². The normalized spacial score (nSPS) is 10.7. The predicted molar refractivity (Wildman–Crippen MR) is 132 cm³/mol. The summed E-state index contributed by atoms with van der Waals surface area (Å²) in [5.41, 5.74) is 1.59. The van der Waals surface area contributed by atoms with E-state index in [1.54, 1.807) is 32.2 Å². The second-order valence-corrected chi connectivity index (χ2v) is 8.03. The molecular weight excluding hydrogens is 479 g/mol. The number of nitrogens with one attached hydrogen (secondary N) is 3. The van der Waals surface area contributed by atoms with E-state index in [9.17, 15) is 9.90 Å². The standard InChI is InChI=1S/C23H20Cl2N6O3/c1-12-29-21(26-2)20(22(30-12)31-18-11-27-8-7-15(18)23(32)33)28-10-14-4-6-19(34-14)16-9-13(24)3-5-17(16)25/h3-9,11,28H,10H2,1-2H3,(H,32,33)(H2,26,29,30,31). The van der Waals surface area contributed by atoms with Crippen molar-refractivity contribution in [3.8, 4) is 11.3 Å². The molecule has 0 amide bonds. The SMILES string of the molecule is CNc1nc(C)nc(Nc2cnccc2C(=O)O)c1NCc1ccc(-c2cc(Cl)ccc2Cl)o1. The fraction of sp³-hybridized carbons (Fsp3) is 0.130. The third-order valence-electron chi connectivity index (χ3n) is 4.86. The lowest BCUT2D eigenvalue weighted by molar-refractivity contribution is 0.0698. The largest absolute Gasteiger partial charge is 0.478 e. The van der Waals surface area contributed by atoms with Crippen molar-refractivity contribution in [2.75, 3.05) is 23.0 Å². The molecule has 11 heteroatoms. The van der Waals surface area contributed by atoms with E-state index in [0.717, 1.165) is 0 Å². The molecule has 3 aromatic heterocycles. The van der Waals surface area contributed by atoms with Crippen LogP contribution in [0.3, 0.4) is 0 Å². The van der Waals surface area contributed by atoms with Crippen LogP contribution in [-0.2, 0) is 6.54 Å². The summed E-state index contributed by atoms with van der Waals surface area (Å²) in [5, 5.41) is 19.9. The van der Waals surface area contributed by atoms with Gasteiger partial charge < -0.3 is 25.5 Å². The van der Waals surface area contributed by atoms with Crippen LogP contribution in [0.4, 0.5) is 23.0 Å². The number of carboxylic acid groups (broad SMARTS) is 1. The lowest BCUT2D eigenvalue weighted by atomic mass is 10.2. The van der Waals surface area contributed by atoms with Crippen LogP contribution in [0.15, 0.2) is 53.2 Å². The van der Waals surface area contributed by atoms with Crippen molar-refractivity contribution in [1.82, 2.24) is 15.0 Å². The molecular formula is C23H20Cl2N6O3. The monoisotopic (exact) mass is 498 g/mol. The van der Waals surface area contributed by atoms with Gasteiger partial charge in [-0.1, -0.05) is 23.2 Å². The van der Waals surface area contributed by atoms with Gasteiger partial charge in [-0.2, -0.15) is 0 Å². The Labute approximate surface area is 205 Å². The van der Waals surface area contributed by atoms with Crippen molar-refractivity contribution in [3.63, 3.8) is 0 Å². The van der Waals surface area contributed by atoms with Gasteiger partial charge in [-0.15, -0.1) is 0 Å². The minimum absolute atomic E-state index is 0.0669. The zero-order valence-electron chi connectivity index (χ0n) is 18.2. The molecule has 0 atom stereocenters. The Hall–Kier alpha value is -3.82. The fourth-order valence-corrected chi connectivity index (χ4v) is 3.68. The average Bonchev–Trinajstić information content (AvgIpc) is 3.28. The van der Waals surface area contributed by atoms with Crippen LogP contribution in [-0.4, -0.2) is 33.1 Å². The number of carbonyl (C=O) groups is 1. The van der Waals surface area contributed by atoms with Gasteiger partial charge in [0.05, 0.1) is 29.0 Å². The molecule has 174 valence electrons. The summed E-state index contributed by atoms with van der Waals surface area (Å²) in [6.45, 7) is 2.04. The van der Waals surface area contributed by atoms with Crippen LogP contribution in [0.25, 0.3) is 11.3 Å². The van der Waals surface area contributed by atoms with Gasteiger partial charge in [0.25, 0.3) is 0 Å². The molecule has 34 heavy (non-hydrogen) atoms. The number of benzene rings is 1. The Kier molecular flexibility index (Phi) is 6.85. The van der Waals surface area contributed by atoms with Crippen LogP contribution in [0.2, 0.25) is 10.0 Å². The molecule has 0 aliphatic heterocycles. The molecule has 9 nitrogen and oxygen atoms in total.